The molecule has 0 aromatic rings. The maximum atomic E-state index is 5.56. The minimum Gasteiger partial charge on any atom is -0.375 e. The normalized spacial score (nSPS) is 13.5. The molecule has 0 saturated carbocycles. The monoisotopic (exact) mass is 397 g/mol. The molecule has 0 amide bonds. The topological polar surface area (TPSA) is 21.3 Å². The largest absolute Gasteiger partial charge is 0.375 e. The van der Waals surface area contributed by atoms with Crippen LogP contribution < -0.4 is 5.32 Å². The van der Waals surface area contributed by atoms with E-state index in [4.69, 9.17) is 4.74 Å². The molecule has 0 fully saturated rings. The number of nitrogens with one attached hydrogen (secondary N) is 1. The van der Waals surface area contributed by atoms with Gasteiger partial charge >= 0.3 is 0 Å². The van der Waals surface area contributed by atoms with E-state index >= 15 is 0 Å². The fourth-order valence-corrected chi connectivity index (χ4v) is 1.17. The van der Waals surface area contributed by atoms with Crippen molar-refractivity contribution in [2.24, 2.45) is 0 Å². The fourth-order valence-electron chi connectivity index (χ4n) is 0.628. The van der Waals surface area contributed by atoms with Crippen molar-refractivity contribution in [1.29, 1.82) is 0 Å². The second-order valence-corrected chi connectivity index (χ2v) is 10.2. The van der Waals surface area contributed by atoms with Crippen molar-refractivity contribution in [3.63, 3.8) is 0 Å². The molecule has 74 valence electrons. The predicted octanol–water partition coefficient (Wildman–Crippen LogP) is 2.93. The summed E-state index contributed by atoms with van der Waals surface area (Å²) in [6.07, 6.45) is 0. The van der Waals surface area contributed by atoms with E-state index in [0.717, 1.165) is 13.2 Å². The first-order valence-corrected chi connectivity index (χ1v) is 6.13. The Kier molecular flexibility index (Phi) is 5.92. The molecule has 0 unspecified atom stereocenters. The zero-order chi connectivity index (χ0) is 9.83. The molecule has 1 N–H and O–H groups in total. The molecule has 0 heterocycles. The Morgan fingerprint density at radius 2 is 1.67 bits per heavy atom. The van der Waals surface area contributed by atoms with Crippen LogP contribution >= 0.6 is 45.2 Å². The second-order valence-electron chi connectivity index (χ2n) is 3.78. The van der Waals surface area contributed by atoms with Crippen LogP contribution in [0.3, 0.4) is 0 Å². The first-order chi connectivity index (χ1) is 5.21. The Labute approximate surface area is 102 Å². The van der Waals surface area contributed by atoms with Gasteiger partial charge in [-0.2, -0.15) is 0 Å². The van der Waals surface area contributed by atoms with Gasteiger partial charge < -0.3 is 4.74 Å². The third-order valence-electron chi connectivity index (χ3n) is 1.07. The number of alkyl halides is 2. The molecular formula is C8H17I2NO. The smallest absolute Gasteiger partial charge is 0.120 e. The van der Waals surface area contributed by atoms with Crippen molar-refractivity contribution < 1.29 is 4.74 Å². The summed E-state index contributed by atoms with van der Waals surface area (Å²) in [6, 6.07) is 0. The third kappa shape index (κ3) is 11.4. The summed E-state index contributed by atoms with van der Waals surface area (Å²) in [6.45, 7) is 10.0. The van der Waals surface area contributed by atoms with E-state index in [9.17, 15) is 0 Å². The zero-order valence-electron chi connectivity index (χ0n) is 8.08. The molecule has 0 aromatic heterocycles. The lowest BCUT2D eigenvalue weighted by Gasteiger charge is -2.22. The summed E-state index contributed by atoms with van der Waals surface area (Å²) in [5, 5.41) is 3.34. The van der Waals surface area contributed by atoms with Crippen molar-refractivity contribution in [2.45, 2.75) is 34.8 Å². The van der Waals surface area contributed by atoms with Gasteiger partial charge in [0.15, 0.2) is 0 Å². The highest BCUT2D eigenvalue weighted by molar-refractivity contribution is 14.2. The molecule has 12 heavy (non-hydrogen) atoms. The minimum atomic E-state index is -0.0192. The molecule has 0 aliphatic heterocycles. The van der Waals surface area contributed by atoms with E-state index in [-0.39, 0.29) is 7.15 Å². The van der Waals surface area contributed by atoms with Gasteiger partial charge in [0, 0.05) is 6.54 Å². The molecule has 0 spiro atoms. The van der Waals surface area contributed by atoms with E-state index in [1.807, 2.05) is 0 Å². The summed E-state index contributed by atoms with van der Waals surface area (Å²) in [4.78, 5) is 0. The summed E-state index contributed by atoms with van der Waals surface area (Å²) in [5.74, 6) is 0. The molecule has 2 nitrogen and oxygen atoms in total. The van der Waals surface area contributed by atoms with Crippen molar-refractivity contribution in [3.05, 3.63) is 0 Å². The first-order valence-electron chi connectivity index (χ1n) is 3.97. The van der Waals surface area contributed by atoms with Crippen LogP contribution in [0.2, 0.25) is 0 Å². The van der Waals surface area contributed by atoms with Gasteiger partial charge in [-0.05, 0) is 72.9 Å². The van der Waals surface area contributed by atoms with E-state index < -0.39 is 0 Å². The van der Waals surface area contributed by atoms with Crippen LogP contribution in [0.15, 0.2) is 0 Å². The van der Waals surface area contributed by atoms with Gasteiger partial charge in [-0.3, -0.25) is 5.32 Å². The number of ether oxygens (including phenoxy) is 1. The number of hydrogen-bond donors (Lipinski definition) is 1. The minimum absolute atomic E-state index is 0.0192. The molecule has 0 rings (SSSR count). The van der Waals surface area contributed by atoms with E-state index in [1.165, 1.54) is 0 Å². The third-order valence-corrected chi connectivity index (χ3v) is 1.84. The molecule has 0 aliphatic rings. The summed E-state index contributed by atoms with van der Waals surface area (Å²) in [5.41, 5.74) is -0.0192. The molecular weight excluding hydrogens is 380 g/mol. The molecule has 0 saturated heterocycles. The molecule has 0 aliphatic carbocycles. The van der Waals surface area contributed by atoms with Gasteiger partial charge in [0.25, 0.3) is 0 Å². The lowest BCUT2D eigenvalue weighted by molar-refractivity contribution is -0.000861. The SMILES string of the molecule is CC(I)(I)NCCOC(C)(C)C. The lowest BCUT2D eigenvalue weighted by Crippen LogP contribution is -2.34. The van der Waals surface area contributed by atoms with Crippen LogP contribution in [-0.2, 0) is 4.74 Å². The highest BCUT2D eigenvalue weighted by atomic mass is 127. The predicted molar refractivity (Wildman–Crippen MR) is 70.2 cm³/mol. The quantitative estimate of drug-likeness (QED) is 0.341. The Morgan fingerprint density at radius 3 is 2.00 bits per heavy atom. The summed E-state index contributed by atoms with van der Waals surface area (Å²) >= 11 is 4.71. The van der Waals surface area contributed by atoms with Gasteiger partial charge in [0.1, 0.15) is 1.55 Å². The van der Waals surface area contributed by atoms with Crippen LogP contribution in [0.25, 0.3) is 0 Å². The Balaban J connectivity index is 3.35. The molecule has 4 heteroatoms. The highest BCUT2D eigenvalue weighted by Gasteiger charge is 2.14. The van der Waals surface area contributed by atoms with Gasteiger partial charge in [-0.25, -0.2) is 0 Å². The highest BCUT2D eigenvalue weighted by Crippen LogP contribution is 2.21. The Bertz CT molecular complexity index is 110. The standard InChI is InChI=1S/C8H17I2NO/c1-7(2,3)12-6-5-11-8(4,9)10/h11H,5-6H2,1-4H3. The maximum Gasteiger partial charge on any atom is 0.120 e. The second kappa shape index (κ2) is 5.31. The average Bonchev–Trinajstić information content (AvgIpc) is 1.76. The lowest BCUT2D eigenvalue weighted by atomic mass is 10.2. The fraction of sp³-hybridized carbons (Fsp3) is 1.00. The Hall–Kier alpha value is 1.38. The Morgan fingerprint density at radius 1 is 1.17 bits per heavy atom. The van der Waals surface area contributed by atoms with Crippen LogP contribution in [0.5, 0.6) is 0 Å². The molecule has 0 radical (unpaired) electrons. The van der Waals surface area contributed by atoms with E-state index in [0.29, 0.717) is 0 Å². The van der Waals surface area contributed by atoms with E-state index in [2.05, 4.69) is 78.2 Å². The van der Waals surface area contributed by atoms with Crippen LogP contribution in [0.4, 0.5) is 0 Å². The van der Waals surface area contributed by atoms with E-state index in [1.54, 1.807) is 0 Å². The number of hydrogen-bond acceptors (Lipinski definition) is 2. The maximum absolute atomic E-state index is 5.56. The number of rotatable bonds is 4. The van der Waals surface area contributed by atoms with Crippen molar-refractivity contribution >= 4 is 45.2 Å². The van der Waals surface area contributed by atoms with Crippen molar-refractivity contribution in [1.82, 2.24) is 5.32 Å². The summed E-state index contributed by atoms with van der Waals surface area (Å²) in [7, 11) is 0. The van der Waals surface area contributed by atoms with Gasteiger partial charge in [-0.15, -0.1) is 0 Å². The van der Waals surface area contributed by atoms with Crippen LogP contribution in [0, 0.1) is 0 Å². The molecule has 0 aromatic carbocycles. The van der Waals surface area contributed by atoms with Gasteiger partial charge in [0.2, 0.25) is 0 Å². The average molecular weight is 397 g/mol. The van der Waals surface area contributed by atoms with Crippen molar-refractivity contribution in [3.8, 4) is 0 Å². The van der Waals surface area contributed by atoms with Crippen LogP contribution in [-0.4, -0.2) is 20.3 Å². The van der Waals surface area contributed by atoms with Crippen molar-refractivity contribution in [2.75, 3.05) is 13.2 Å². The first kappa shape index (κ1) is 13.4. The van der Waals surface area contributed by atoms with Crippen LogP contribution in [0.1, 0.15) is 27.7 Å². The zero-order valence-corrected chi connectivity index (χ0v) is 12.4. The number of halogens is 2. The van der Waals surface area contributed by atoms with Gasteiger partial charge in [-0.1, -0.05) is 0 Å². The molecule has 0 bridgehead atoms. The molecule has 0 atom stereocenters. The van der Waals surface area contributed by atoms with Gasteiger partial charge in [0.05, 0.1) is 12.2 Å². The summed E-state index contributed by atoms with van der Waals surface area (Å²) < 4.78 is 5.69.